The van der Waals surface area contributed by atoms with E-state index in [2.05, 4.69) is 0 Å². The van der Waals surface area contributed by atoms with E-state index in [9.17, 15) is 0 Å². The van der Waals surface area contributed by atoms with E-state index in [0.717, 1.165) is 5.56 Å². The van der Waals surface area contributed by atoms with Crippen LogP contribution in [0.5, 0.6) is 5.75 Å². The van der Waals surface area contributed by atoms with E-state index < -0.39 is 5.60 Å². The Kier molecular flexibility index (Phi) is 3.51. The van der Waals surface area contributed by atoms with Gasteiger partial charge in [0.25, 0.3) is 0 Å². The number of nitrogens with zero attached hydrogens (tertiary/aromatic N) is 1. The number of hydrogen-bond acceptors (Lipinski definition) is 3. The van der Waals surface area contributed by atoms with Crippen molar-refractivity contribution in [1.29, 1.82) is 10.7 Å². The van der Waals surface area contributed by atoms with Crippen molar-refractivity contribution in [2.24, 2.45) is 5.73 Å². The summed E-state index contributed by atoms with van der Waals surface area (Å²) >= 11 is 0. The van der Waals surface area contributed by atoms with Crippen LogP contribution in [0.2, 0.25) is 0 Å². The molecule has 0 amide bonds. The van der Waals surface area contributed by atoms with Crippen LogP contribution in [-0.4, -0.2) is 11.4 Å². The summed E-state index contributed by atoms with van der Waals surface area (Å²) in [5.41, 5.74) is 5.51. The molecular formula is C12H15N3O. The molecule has 0 heterocycles. The Labute approximate surface area is 95.2 Å². The molecule has 0 aliphatic rings. The van der Waals surface area contributed by atoms with Crippen LogP contribution in [0, 0.1) is 23.7 Å². The van der Waals surface area contributed by atoms with Crippen molar-refractivity contribution in [2.45, 2.75) is 25.9 Å². The normalized spacial score (nSPS) is 13.6. The van der Waals surface area contributed by atoms with Crippen LogP contribution in [0.4, 0.5) is 0 Å². The van der Waals surface area contributed by atoms with Crippen molar-refractivity contribution in [3.8, 4) is 11.8 Å². The van der Waals surface area contributed by atoms with Crippen LogP contribution in [0.1, 0.15) is 18.9 Å². The van der Waals surface area contributed by atoms with Gasteiger partial charge in [-0.1, -0.05) is 17.7 Å². The molecular weight excluding hydrogens is 202 g/mol. The Morgan fingerprint density at radius 3 is 2.50 bits per heavy atom. The summed E-state index contributed by atoms with van der Waals surface area (Å²) in [7, 11) is 0. The third kappa shape index (κ3) is 2.74. The lowest BCUT2D eigenvalue weighted by atomic mass is 10.0. The molecule has 4 nitrogen and oxygen atoms in total. The summed E-state index contributed by atoms with van der Waals surface area (Å²) in [6, 6.07) is 9.38. The van der Waals surface area contributed by atoms with Crippen molar-refractivity contribution < 1.29 is 4.74 Å². The zero-order valence-electron chi connectivity index (χ0n) is 9.45. The molecule has 1 unspecified atom stereocenters. The van der Waals surface area contributed by atoms with Crippen molar-refractivity contribution in [1.82, 2.24) is 0 Å². The predicted octanol–water partition coefficient (Wildman–Crippen LogP) is 1.98. The maximum absolute atomic E-state index is 8.69. The lowest BCUT2D eigenvalue weighted by molar-refractivity contribution is 0.164. The first-order chi connectivity index (χ1) is 7.48. The van der Waals surface area contributed by atoms with Gasteiger partial charge in [0.05, 0.1) is 12.5 Å². The molecule has 0 fully saturated rings. The molecule has 0 radical (unpaired) electrons. The zero-order chi connectivity index (χ0) is 12.2. The minimum atomic E-state index is -1.05. The molecule has 0 aliphatic heterocycles. The number of ether oxygens (including phenoxy) is 1. The molecule has 0 bridgehead atoms. The van der Waals surface area contributed by atoms with Gasteiger partial charge in [-0.15, -0.1) is 0 Å². The van der Waals surface area contributed by atoms with Gasteiger partial charge in [-0.2, -0.15) is 5.26 Å². The average Bonchev–Trinajstić information content (AvgIpc) is 2.22. The van der Waals surface area contributed by atoms with E-state index in [1.165, 1.54) is 0 Å². The van der Waals surface area contributed by atoms with Gasteiger partial charge in [-0.05, 0) is 26.0 Å². The molecule has 1 aromatic rings. The van der Waals surface area contributed by atoms with Crippen LogP contribution in [0.25, 0.3) is 0 Å². The Hall–Kier alpha value is -2.02. The fraction of sp³-hybridized carbons (Fsp3) is 0.333. The maximum atomic E-state index is 8.69. The second-order valence-electron chi connectivity index (χ2n) is 3.89. The number of nitrogens with one attached hydrogen (secondary N) is 1. The molecule has 3 N–H and O–H groups in total. The van der Waals surface area contributed by atoms with Crippen LogP contribution in [-0.2, 0) is 0 Å². The van der Waals surface area contributed by atoms with Crippen molar-refractivity contribution >= 4 is 5.84 Å². The molecule has 0 spiro atoms. The summed E-state index contributed by atoms with van der Waals surface area (Å²) in [6.07, 6.45) is 0.0518. The van der Waals surface area contributed by atoms with Gasteiger partial charge in [0.15, 0.2) is 5.60 Å². The molecule has 0 saturated heterocycles. The number of benzene rings is 1. The number of amidine groups is 1. The van der Waals surface area contributed by atoms with Crippen LogP contribution in [0.15, 0.2) is 24.3 Å². The van der Waals surface area contributed by atoms with Crippen molar-refractivity contribution in [2.75, 3.05) is 0 Å². The first kappa shape index (κ1) is 12.1. The van der Waals surface area contributed by atoms with Gasteiger partial charge < -0.3 is 10.5 Å². The minimum absolute atomic E-state index is 0.0518. The van der Waals surface area contributed by atoms with Gasteiger partial charge in [-0.3, -0.25) is 5.41 Å². The van der Waals surface area contributed by atoms with Gasteiger partial charge in [-0.25, -0.2) is 0 Å². The number of nitriles is 1. The predicted molar refractivity (Wildman–Crippen MR) is 62.4 cm³/mol. The fourth-order valence-electron chi connectivity index (χ4n) is 1.20. The molecule has 1 aromatic carbocycles. The first-order valence-corrected chi connectivity index (χ1v) is 4.95. The largest absolute Gasteiger partial charge is 0.479 e. The summed E-state index contributed by atoms with van der Waals surface area (Å²) in [6.45, 7) is 3.61. The lowest BCUT2D eigenvalue weighted by Gasteiger charge is -2.26. The minimum Gasteiger partial charge on any atom is -0.479 e. The molecule has 4 heteroatoms. The number of rotatable bonds is 4. The van der Waals surface area contributed by atoms with Gasteiger partial charge in [0, 0.05) is 0 Å². The number of hydrogen-bond donors (Lipinski definition) is 2. The molecule has 84 valence electrons. The highest BCUT2D eigenvalue weighted by Gasteiger charge is 2.30. The SMILES string of the molecule is Cc1ccc(OC(C)(CC#N)C(=N)N)cc1. The Morgan fingerprint density at radius 1 is 1.50 bits per heavy atom. The standard InChI is InChI=1S/C12H15N3O/c1-9-3-5-10(6-4-9)16-12(2,7-8-13)11(14)15/h3-6H,7H2,1-2H3,(H3,14,15). The highest BCUT2D eigenvalue weighted by Crippen LogP contribution is 2.21. The average molecular weight is 217 g/mol. The number of nitrogens with two attached hydrogens (primary N) is 1. The Bertz CT molecular complexity index is 419. The zero-order valence-corrected chi connectivity index (χ0v) is 9.45. The van der Waals surface area contributed by atoms with E-state index in [1.54, 1.807) is 19.1 Å². The van der Waals surface area contributed by atoms with Crippen molar-refractivity contribution in [3.63, 3.8) is 0 Å². The smallest absolute Gasteiger partial charge is 0.175 e. The summed E-state index contributed by atoms with van der Waals surface area (Å²) in [5.74, 6) is 0.466. The van der Waals surface area contributed by atoms with E-state index in [0.29, 0.717) is 5.75 Å². The maximum Gasteiger partial charge on any atom is 0.175 e. The topological polar surface area (TPSA) is 82.9 Å². The fourth-order valence-corrected chi connectivity index (χ4v) is 1.20. The Balaban J connectivity index is 2.88. The molecule has 1 rings (SSSR count). The van der Waals surface area contributed by atoms with E-state index in [-0.39, 0.29) is 12.3 Å². The molecule has 0 aliphatic carbocycles. The van der Waals surface area contributed by atoms with Crippen molar-refractivity contribution in [3.05, 3.63) is 29.8 Å². The van der Waals surface area contributed by atoms with Crippen LogP contribution in [0.3, 0.4) is 0 Å². The summed E-state index contributed by atoms with van der Waals surface area (Å²) < 4.78 is 5.59. The molecule has 0 aromatic heterocycles. The van der Waals surface area contributed by atoms with E-state index in [1.807, 2.05) is 25.1 Å². The molecule has 16 heavy (non-hydrogen) atoms. The third-order valence-electron chi connectivity index (χ3n) is 2.35. The summed E-state index contributed by atoms with van der Waals surface area (Å²) in [4.78, 5) is 0. The third-order valence-corrected chi connectivity index (χ3v) is 2.35. The van der Waals surface area contributed by atoms with E-state index >= 15 is 0 Å². The van der Waals surface area contributed by atoms with Gasteiger partial charge >= 0.3 is 0 Å². The second-order valence-corrected chi connectivity index (χ2v) is 3.89. The van der Waals surface area contributed by atoms with Gasteiger partial charge in [0.2, 0.25) is 0 Å². The van der Waals surface area contributed by atoms with E-state index in [4.69, 9.17) is 21.1 Å². The van der Waals surface area contributed by atoms with Crippen LogP contribution < -0.4 is 10.5 Å². The highest BCUT2D eigenvalue weighted by atomic mass is 16.5. The first-order valence-electron chi connectivity index (χ1n) is 4.95. The molecule has 0 saturated carbocycles. The lowest BCUT2D eigenvalue weighted by Crippen LogP contribution is -2.45. The second kappa shape index (κ2) is 4.67. The molecule has 1 atom stereocenters. The Morgan fingerprint density at radius 2 is 2.06 bits per heavy atom. The number of aryl methyl sites for hydroxylation is 1. The highest BCUT2D eigenvalue weighted by molar-refractivity contribution is 5.86. The quantitative estimate of drug-likeness (QED) is 0.597. The monoisotopic (exact) mass is 217 g/mol. The summed E-state index contributed by atoms with van der Waals surface area (Å²) in [5, 5.41) is 16.1. The van der Waals surface area contributed by atoms with Crippen LogP contribution >= 0.6 is 0 Å². The van der Waals surface area contributed by atoms with Gasteiger partial charge in [0.1, 0.15) is 11.6 Å².